The van der Waals surface area contributed by atoms with E-state index in [1.54, 1.807) is 20.8 Å². The molecule has 0 saturated heterocycles. The Labute approximate surface area is 143 Å². The van der Waals surface area contributed by atoms with E-state index in [0.29, 0.717) is 19.8 Å². The molecule has 1 rings (SSSR count). The monoisotopic (exact) mass is 336 g/mol. The maximum absolute atomic E-state index is 11.9. The first-order valence-electron chi connectivity index (χ1n) is 8.20. The van der Waals surface area contributed by atoms with Crippen molar-refractivity contribution in [3.8, 4) is 0 Å². The number of amides is 2. The number of carbonyl (C=O) groups is 2. The van der Waals surface area contributed by atoms with Gasteiger partial charge >= 0.3 is 6.09 Å². The van der Waals surface area contributed by atoms with Crippen molar-refractivity contribution in [2.75, 3.05) is 13.2 Å². The third-order valence-corrected chi connectivity index (χ3v) is 3.08. The van der Waals surface area contributed by atoms with E-state index >= 15 is 0 Å². The summed E-state index contributed by atoms with van der Waals surface area (Å²) >= 11 is 0. The molecule has 2 amide bonds. The number of nitrogens with one attached hydrogen (secondary N) is 2. The van der Waals surface area contributed by atoms with Crippen LogP contribution in [0.1, 0.15) is 45.2 Å². The fraction of sp³-hybridized carbons (Fsp3) is 0.556. The Balaban J connectivity index is 2.33. The number of alkyl carbamates (subject to hydrolysis) is 1. The molecular weight excluding hydrogens is 308 g/mol. The minimum absolute atomic E-state index is 0.128. The smallest absolute Gasteiger partial charge is 0.407 e. The average molecular weight is 336 g/mol. The van der Waals surface area contributed by atoms with Crippen molar-refractivity contribution in [3.63, 3.8) is 0 Å². The van der Waals surface area contributed by atoms with Crippen molar-refractivity contribution in [1.82, 2.24) is 10.6 Å². The third kappa shape index (κ3) is 8.53. The summed E-state index contributed by atoms with van der Waals surface area (Å²) in [6.45, 7) is 9.18. The summed E-state index contributed by atoms with van der Waals surface area (Å²) < 4.78 is 10.5. The fourth-order valence-electron chi connectivity index (χ4n) is 1.96. The molecule has 0 radical (unpaired) electrons. The van der Waals surface area contributed by atoms with Crippen molar-refractivity contribution in [3.05, 3.63) is 35.4 Å². The number of benzene rings is 1. The second-order valence-electron chi connectivity index (χ2n) is 6.36. The Morgan fingerprint density at radius 2 is 1.75 bits per heavy atom. The number of hydrogen-bond acceptors (Lipinski definition) is 4. The van der Waals surface area contributed by atoms with Crippen LogP contribution in [0.4, 0.5) is 4.79 Å². The molecule has 6 nitrogen and oxygen atoms in total. The van der Waals surface area contributed by atoms with Gasteiger partial charge in [0.1, 0.15) is 5.60 Å². The highest BCUT2D eigenvalue weighted by atomic mass is 16.6. The number of carbonyl (C=O) groups excluding carboxylic acids is 2. The fourth-order valence-corrected chi connectivity index (χ4v) is 1.96. The summed E-state index contributed by atoms with van der Waals surface area (Å²) in [6, 6.07) is 7.83. The first-order valence-corrected chi connectivity index (χ1v) is 8.20. The summed E-state index contributed by atoms with van der Waals surface area (Å²) in [6.07, 6.45) is -0.315. The van der Waals surface area contributed by atoms with Gasteiger partial charge in [0.15, 0.2) is 0 Å². The molecule has 1 aromatic carbocycles. The molecule has 2 N–H and O–H groups in total. The molecule has 1 aromatic rings. The van der Waals surface area contributed by atoms with Gasteiger partial charge in [-0.15, -0.1) is 0 Å². The van der Waals surface area contributed by atoms with E-state index in [0.717, 1.165) is 11.1 Å². The molecule has 0 unspecified atom stereocenters. The van der Waals surface area contributed by atoms with Crippen molar-refractivity contribution in [1.29, 1.82) is 0 Å². The third-order valence-electron chi connectivity index (χ3n) is 3.08. The van der Waals surface area contributed by atoms with Gasteiger partial charge in [0.25, 0.3) is 0 Å². The Hall–Kier alpha value is -2.08. The molecule has 134 valence electrons. The predicted octanol–water partition coefficient (Wildman–Crippen LogP) is 2.75. The summed E-state index contributed by atoms with van der Waals surface area (Å²) in [4.78, 5) is 23.4. The van der Waals surface area contributed by atoms with Crippen molar-refractivity contribution < 1.29 is 19.1 Å². The van der Waals surface area contributed by atoms with Crippen molar-refractivity contribution in [2.45, 2.75) is 52.9 Å². The van der Waals surface area contributed by atoms with E-state index in [1.165, 1.54) is 0 Å². The maximum Gasteiger partial charge on any atom is 0.407 e. The Morgan fingerprint density at radius 3 is 2.38 bits per heavy atom. The van der Waals surface area contributed by atoms with E-state index < -0.39 is 11.7 Å². The normalized spacial score (nSPS) is 11.0. The Bertz CT molecular complexity index is 538. The SMILES string of the molecule is CCOCc1ccccc1CNC(=O)CCNC(=O)OC(C)(C)C. The van der Waals surface area contributed by atoms with Gasteiger partial charge in [0.05, 0.1) is 6.61 Å². The first-order chi connectivity index (χ1) is 11.3. The van der Waals surface area contributed by atoms with Gasteiger partial charge in [-0.2, -0.15) is 0 Å². The molecule has 0 bridgehead atoms. The molecule has 24 heavy (non-hydrogen) atoms. The number of hydrogen-bond donors (Lipinski definition) is 2. The van der Waals surface area contributed by atoms with Crippen LogP contribution in [-0.4, -0.2) is 30.8 Å². The molecule has 6 heteroatoms. The minimum atomic E-state index is -0.545. The topological polar surface area (TPSA) is 76.7 Å². The van der Waals surface area contributed by atoms with E-state index in [1.807, 2.05) is 31.2 Å². The molecule has 0 aliphatic heterocycles. The van der Waals surface area contributed by atoms with Crippen LogP contribution in [0.2, 0.25) is 0 Å². The minimum Gasteiger partial charge on any atom is -0.444 e. The van der Waals surface area contributed by atoms with Crippen LogP contribution in [0.3, 0.4) is 0 Å². The summed E-state index contributed by atoms with van der Waals surface area (Å²) in [5, 5.41) is 5.42. The van der Waals surface area contributed by atoms with Crippen LogP contribution in [0.5, 0.6) is 0 Å². The molecule has 0 fully saturated rings. The summed E-state index contributed by atoms with van der Waals surface area (Å²) in [7, 11) is 0. The molecule has 0 aliphatic rings. The maximum atomic E-state index is 11.9. The highest BCUT2D eigenvalue weighted by Gasteiger charge is 2.15. The second-order valence-corrected chi connectivity index (χ2v) is 6.36. The van der Waals surface area contributed by atoms with Crippen molar-refractivity contribution >= 4 is 12.0 Å². The lowest BCUT2D eigenvalue weighted by Gasteiger charge is -2.19. The van der Waals surface area contributed by atoms with E-state index in [9.17, 15) is 9.59 Å². The molecular formula is C18H28N2O4. The Kier molecular flexibility index (Phi) is 8.26. The lowest BCUT2D eigenvalue weighted by Crippen LogP contribution is -2.35. The van der Waals surface area contributed by atoms with Crippen LogP contribution in [0.25, 0.3) is 0 Å². The largest absolute Gasteiger partial charge is 0.444 e. The van der Waals surface area contributed by atoms with Crippen LogP contribution in [-0.2, 0) is 27.4 Å². The zero-order chi connectivity index (χ0) is 18.0. The molecule has 0 spiro atoms. The second kappa shape index (κ2) is 9.93. The van der Waals surface area contributed by atoms with Gasteiger partial charge in [0.2, 0.25) is 5.91 Å². The van der Waals surface area contributed by atoms with E-state index in [4.69, 9.17) is 9.47 Å². The lowest BCUT2D eigenvalue weighted by molar-refractivity contribution is -0.121. The van der Waals surface area contributed by atoms with Crippen LogP contribution < -0.4 is 10.6 Å². The van der Waals surface area contributed by atoms with Crippen LogP contribution >= 0.6 is 0 Å². The summed E-state index contributed by atoms with van der Waals surface area (Å²) in [5.41, 5.74) is 1.54. The molecule has 0 heterocycles. The zero-order valence-corrected chi connectivity index (χ0v) is 15.0. The first kappa shape index (κ1) is 20.0. The predicted molar refractivity (Wildman–Crippen MR) is 92.5 cm³/mol. The number of ether oxygens (including phenoxy) is 2. The standard InChI is InChI=1S/C18H28N2O4/c1-5-23-13-15-9-7-6-8-14(15)12-20-16(21)10-11-19-17(22)24-18(2,3)4/h6-9H,5,10-13H2,1-4H3,(H,19,22)(H,20,21). The highest BCUT2D eigenvalue weighted by molar-refractivity contribution is 5.77. The zero-order valence-electron chi connectivity index (χ0n) is 15.0. The molecule has 0 atom stereocenters. The quantitative estimate of drug-likeness (QED) is 0.765. The molecule has 0 aliphatic carbocycles. The van der Waals surface area contributed by atoms with E-state index in [-0.39, 0.29) is 18.9 Å². The molecule has 0 aromatic heterocycles. The van der Waals surface area contributed by atoms with Gasteiger partial charge in [0, 0.05) is 26.1 Å². The van der Waals surface area contributed by atoms with Crippen molar-refractivity contribution in [2.24, 2.45) is 0 Å². The Morgan fingerprint density at radius 1 is 1.08 bits per heavy atom. The average Bonchev–Trinajstić information content (AvgIpc) is 2.50. The van der Waals surface area contributed by atoms with Gasteiger partial charge in [-0.1, -0.05) is 24.3 Å². The summed E-state index contributed by atoms with van der Waals surface area (Å²) in [5.74, 6) is -0.128. The van der Waals surface area contributed by atoms with Crippen LogP contribution in [0, 0.1) is 0 Å². The molecule has 0 saturated carbocycles. The lowest BCUT2D eigenvalue weighted by atomic mass is 10.1. The van der Waals surface area contributed by atoms with E-state index in [2.05, 4.69) is 10.6 Å². The van der Waals surface area contributed by atoms with Crippen LogP contribution in [0.15, 0.2) is 24.3 Å². The van der Waals surface area contributed by atoms with Gasteiger partial charge < -0.3 is 20.1 Å². The highest BCUT2D eigenvalue weighted by Crippen LogP contribution is 2.10. The van der Waals surface area contributed by atoms with Gasteiger partial charge in [-0.25, -0.2) is 4.79 Å². The van der Waals surface area contributed by atoms with Gasteiger partial charge in [-0.05, 0) is 38.8 Å². The van der Waals surface area contributed by atoms with Gasteiger partial charge in [-0.3, -0.25) is 4.79 Å². The number of rotatable bonds is 8.